The van der Waals surface area contributed by atoms with Crippen LogP contribution >= 0.6 is 12.6 Å². The standard InChI is InChI=1S/C20H28O3.C7H16.C5H7F5S/c1-20-9-8-16-15-5-3-14(22)12-13(15)2-4-17(16)18(20)6-7-19(20)23-11-10-21;1-5-7(3,4)6-2;6-4(7,2-1-3-11)5(8,9)10/h3,5,12,16-19,21-22H,2,4,6-11H2,1H3;5-6H2,1-4H3;11H,1-3H2. The van der Waals surface area contributed by atoms with Crippen LogP contribution in [0.15, 0.2) is 18.2 Å². The largest absolute Gasteiger partial charge is 0.508 e. The van der Waals surface area contributed by atoms with Gasteiger partial charge in [-0.2, -0.15) is 34.6 Å². The van der Waals surface area contributed by atoms with Gasteiger partial charge in [0.2, 0.25) is 0 Å². The number of rotatable bonds is 8. The zero-order chi connectivity index (χ0) is 31.1. The number of phenolic OH excluding ortho intramolecular Hbond substituents is 1. The molecule has 0 heterocycles. The lowest BCUT2D eigenvalue weighted by atomic mass is 9.55. The van der Waals surface area contributed by atoms with Crippen molar-refractivity contribution in [2.45, 2.75) is 123 Å². The van der Waals surface area contributed by atoms with Crippen molar-refractivity contribution in [1.29, 1.82) is 0 Å². The molecule has 9 heteroatoms. The lowest BCUT2D eigenvalue weighted by Crippen LogP contribution is -2.44. The van der Waals surface area contributed by atoms with Crippen LogP contribution in [0, 0.1) is 22.7 Å². The van der Waals surface area contributed by atoms with Crippen molar-refractivity contribution >= 4 is 12.6 Å². The van der Waals surface area contributed by atoms with Crippen molar-refractivity contribution in [3.8, 4) is 5.75 Å². The second-order valence-electron chi connectivity index (χ2n) is 12.9. The molecule has 3 aliphatic carbocycles. The van der Waals surface area contributed by atoms with Crippen molar-refractivity contribution in [3.05, 3.63) is 29.3 Å². The SMILES string of the molecule is CC12CCC3c4ccc(O)cc4CCC3C1CCC2OCCO.CCC(C)(C)CC.FC(F)(F)C(F)(F)CCCS. The summed E-state index contributed by atoms with van der Waals surface area (Å²) in [7, 11) is 0. The number of aryl methyl sites for hydroxylation is 1. The molecule has 41 heavy (non-hydrogen) atoms. The number of phenols is 1. The number of aliphatic hydroxyl groups excluding tert-OH is 1. The summed E-state index contributed by atoms with van der Waals surface area (Å²) in [6.07, 6.45) is 3.27. The summed E-state index contributed by atoms with van der Waals surface area (Å²) < 4.78 is 64.1. The highest BCUT2D eigenvalue weighted by Gasteiger charge is 2.56. The van der Waals surface area contributed by atoms with Gasteiger partial charge in [0.1, 0.15) is 5.75 Å². The Morgan fingerprint density at radius 1 is 1.02 bits per heavy atom. The summed E-state index contributed by atoms with van der Waals surface area (Å²) >= 11 is 3.53. The number of aliphatic hydroxyl groups is 1. The first-order valence-electron chi connectivity index (χ1n) is 15.2. The Bertz CT molecular complexity index is 932. The predicted octanol–water partition coefficient (Wildman–Crippen LogP) is 9.35. The van der Waals surface area contributed by atoms with E-state index in [-0.39, 0.29) is 24.2 Å². The van der Waals surface area contributed by atoms with E-state index >= 15 is 0 Å². The van der Waals surface area contributed by atoms with Crippen LogP contribution in [0.25, 0.3) is 0 Å². The molecule has 238 valence electrons. The Morgan fingerprint density at radius 3 is 2.22 bits per heavy atom. The summed E-state index contributed by atoms with van der Waals surface area (Å²) in [4.78, 5) is 0. The summed E-state index contributed by atoms with van der Waals surface area (Å²) in [6.45, 7) is 12.1. The third-order valence-corrected chi connectivity index (χ3v) is 10.3. The predicted molar refractivity (Wildman–Crippen MR) is 158 cm³/mol. The molecule has 0 aliphatic heterocycles. The van der Waals surface area contributed by atoms with Crippen LogP contribution in [-0.2, 0) is 11.2 Å². The fraction of sp³-hybridized carbons (Fsp3) is 0.812. The van der Waals surface area contributed by atoms with Gasteiger partial charge in [-0.1, -0.05) is 53.5 Å². The minimum Gasteiger partial charge on any atom is -0.508 e. The smallest absolute Gasteiger partial charge is 0.453 e. The maximum atomic E-state index is 12.0. The second-order valence-corrected chi connectivity index (χ2v) is 13.4. The Labute approximate surface area is 249 Å². The van der Waals surface area contributed by atoms with Gasteiger partial charge >= 0.3 is 12.1 Å². The number of ether oxygens (including phenoxy) is 1. The van der Waals surface area contributed by atoms with E-state index in [9.17, 15) is 27.1 Å². The number of fused-ring (bicyclic) bond motifs is 5. The van der Waals surface area contributed by atoms with Gasteiger partial charge in [0.05, 0.1) is 19.3 Å². The van der Waals surface area contributed by atoms with Gasteiger partial charge in [0.15, 0.2) is 0 Å². The Hall–Kier alpha value is -1.06. The molecule has 1 aromatic carbocycles. The summed E-state index contributed by atoms with van der Waals surface area (Å²) in [6, 6.07) is 6.00. The Balaban J connectivity index is 0.000000274. The van der Waals surface area contributed by atoms with Crippen LogP contribution < -0.4 is 0 Å². The van der Waals surface area contributed by atoms with Crippen molar-refractivity contribution in [2.24, 2.45) is 22.7 Å². The van der Waals surface area contributed by atoms with Gasteiger partial charge in [-0.05, 0) is 103 Å². The maximum absolute atomic E-state index is 12.0. The molecule has 5 atom stereocenters. The van der Waals surface area contributed by atoms with Crippen LogP contribution in [0.5, 0.6) is 5.75 Å². The van der Waals surface area contributed by atoms with Crippen molar-refractivity contribution < 1.29 is 36.9 Å². The molecule has 5 unspecified atom stereocenters. The van der Waals surface area contributed by atoms with Crippen LogP contribution in [0.3, 0.4) is 0 Å². The van der Waals surface area contributed by atoms with Gasteiger partial charge in [-0.25, -0.2) is 0 Å². The number of hydrogen-bond donors (Lipinski definition) is 3. The molecule has 3 nitrogen and oxygen atoms in total. The van der Waals surface area contributed by atoms with E-state index in [2.05, 4.69) is 53.3 Å². The molecule has 0 saturated heterocycles. The molecular weight excluding hydrogens is 559 g/mol. The molecule has 2 N–H and O–H groups in total. The normalized spacial score (nSPS) is 27.4. The van der Waals surface area contributed by atoms with E-state index in [0.29, 0.717) is 29.8 Å². The minimum absolute atomic E-state index is 0.0334. The molecule has 1 aromatic rings. The van der Waals surface area contributed by atoms with E-state index in [1.54, 1.807) is 0 Å². The van der Waals surface area contributed by atoms with E-state index in [4.69, 9.17) is 9.84 Å². The first-order valence-corrected chi connectivity index (χ1v) is 15.8. The van der Waals surface area contributed by atoms with Gasteiger partial charge in [0.25, 0.3) is 0 Å². The van der Waals surface area contributed by atoms with Gasteiger partial charge in [-0.3, -0.25) is 0 Å². The number of thiol groups is 1. The lowest BCUT2D eigenvalue weighted by Gasteiger charge is -2.50. The highest BCUT2D eigenvalue weighted by molar-refractivity contribution is 7.80. The Kier molecular flexibility index (Phi) is 13.3. The monoisotopic (exact) mass is 610 g/mol. The number of halogens is 5. The first kappa shape index (κ1) is 36.1. The van der Waals surface area contributed by atoms with E-state index in [1.807, 2.05) is 12.1 Å². The summed E-state index contributed by atoms with van der Waals surface area (Å²) in [5.74, 6) is -1.96. The van der Waals surface area contributed by atoms with Crippen LogP contribution in [0.1, 0.15) is 109 Å². The molecular formula is C32H51F5O3S. The fourth-order valence-electron chi connectivity index (χ4n) is 6.68. The molecule has 0 amide bonds. The lowest BCUT2D eigenvalue weighted by molar-refractivity contribution is -0.284. The quantitative estimate of drug-likeness (QED) is 0.203. The van der Waals surface area contributed by atoms with Crippen molar-refractivity contribution in [3.63, 3.8) is 0 Å². The summed E-state index contributed by atoms with van der Waals surface area (Å²) in [5.41, 5.74) is 3.71. The van der Waals surface area contributed by atoms with E-state index in [1.165, 1.54) is 49.7 Å². The number of aromatic hydroxyl groups is 1. The minimum atomic E-state index is -5.42. The number of alkyl halides is 5. The van der Waals surface area contributed by atoms with E-state index in [0.717, 1.165) is 24.7 Å². The maximum Gasteiger partial charge on any atom is 0.453 e. The molecule has 3 aliphatic rings. The number of hydrogen-bond acceptors (Lipinski definition) is 4. The van der Waals surface area contributed by atoms with Crippen LogP contribution in [0.4, 0.5) is 22.0 Å². The average molecular weight is 611 g/mol. The molecule has 0 bridgehead atoms. The molecule has 0 radical (unpaired) electrons. The van der Waals surface area contributed by atoms with Crippen molar-refractivity contribution in [2.75, 3.05) is 19.0 Å². The van der Waals surface area contributed by atoms with Crippen LogP contribution in [-0.4, -0.2) is 47.4 Å². The zero-order valence-electron chi connectivity index (χ0n) is 25.4. The van der Waals surface area contributed by atoms with E-state index < -0.39 is 18.5 Å². The highest BCUT2D eigenvalue weighted by atomic mass is 32.1. The third kappa shape index (κ3) is 9.21. The molecule has 2 fully saturated rings. The highest BCUT2D eigenvalue weighted by Crippen LogP contribution is 2.61. The second kappa shape index (κ2) is 15.1. The van der Waals surface area contributed by atoms with Gasteiger partial charge < -0.3 is 14.9 Å². The fourth-order valence-corrected chi connectivity index (χ4v) is 6.84. The first-order chi connectivity index (χ1) is 19.1. The van der Waals surface area contributed by atoms with Gasteiger partial charge in [0, 0.05) is 6.42 Å². The Morgan fingerprint density at radius 2 is 1.68 bits per heavy atom. The molecule has 4 rings (SSSR count). The zero-order valence-corrected chi connectivity index (χ0v) is 26.3. The summed E-state index contributed by atoms with van der Waals surface area (Å²) in [5, 5.41) is 18.8. The van der Waals surface area contributed by atoms with Crippen LogP contribution in [0.2, 0.25) is 0 Å². The third-order valence-electron chi connectivity index (χ3n) is 10.0. The molecule has 0 aromatic heterocycles. The van der Waals surface area contributed by atoms with Gasteiger partial charge in [-0.15, -0.1) is 0 Å². The molecule has 2 saturated carbocycles. The van der Waals surface area contributed by atoms with Crippen molar-refractivity contribution in [1.82, 2.24) is 0 Å². The average Bonchev–Trinajstić information content (AvgIpc) is 3.26. The molecule has 0 spiro atoms. The number of benzene rings is 1. The topological polar surface area (TPSA) is 49.7 Å².